The van der Waals surface area contributed by atoms with Gasteiger partial charge in [0.25, 0.3) is 0 Å². The van der Waals surface area contributed by atoms with Crippen LogP contribution in [0.5, 0.6) is 0 Å². The van der Waals surface area contributed by atoms with Gasteiger partial charge in [-0.1, -0.05) is 231 Å². The molecule has 0 amide bonds. The molecule has 0 bridgehead atoms. The molecule has 0 atom stereocenters. The van der Waals surface area contributed by atoms with E-state index in [9.17, 15) is 0 Å². The van der Waals surface area contributed by atoms with Crippen molar-refractivity contribution in [2.24, 2.45) is 0 Å². The third-order valence-corrected chi connectivity index (χ3v) is 22.9. The van der Waals surface area contributed by atoms with Gasteiger partial charge >= 0.3 is 0 Å². The van der Waals surface area contributed by atoms with Gasteiger partial charge in [0.2, 0.25) is 0 Å². The number of nitrogens with zero attached hydrogens (tertiary/aromatic N) is 2. The molecule has 2 spiro atoms. The number of para-hydroxylation sites is 8. The Labute approximate surface area is 574 Å². The second-order valence-corrected chi connectivity index (χ2v) is 27.6. The lowest BCUT2D eigenvalue weighted by molar-refractivity contribution is 0.665. The van der Waals surface area contributed by atoms with Crippen molar-refractivity contribution in [1.29, 1.82) is 0 Å². The average Bonchev–Trinajstić information content (AvgIpc) is 1.48. The number of anilines is 6. The van der Waals surface area contributed by atoms with E-state index in [1.165, 1.54) is 77.9 Å². The molecule has 0 saturated heterocycles. The molecule has 4 aliphatic rings. The molecule has 0 unspecified atom stereocenters. The molecule has 6 nitrogen and oxygen atoms in total. The fraction of sp³-hybridized carbons (Fsp3) is 0.0426. The van der Waals surface area contributed by atoms with E-state index in [0.29, 0.717) is 0 Å². The van der Waals surface area contributed by atoms with E-state index in [1.54, 1.807) is 0 Å². The van der Waals surface area contributed by atoms with Crippen LogP contribution in [0.15, 0.2) is 321 Å². The molecule has 6 heteroatoms. The first-order valence-electron chi connectivity index (χ1n) is 34.5. The monoisotopic (exact) mass is 1280 g/mol. The van der Waals surface area contributed by atoms with Crippen LogP contribution in [-0.4, -0.2) is 0 Å². The summed E-state index contributed by atoms with van der Waals surface area (Å²) in [7, 11) is 0. The maximum atomic E-state index is 7.63. The quantitative estimate of drug-likeness (QED) is 0.165. The minimum Gasteiger partial charge on any atom is -0.454 e. The van der Waals surface area contributed by atoms with Gasteiger partial charge in [-0.05, 0) is 187 Å². The molecule has 0 N–H and O–H groups in total. The number of rotatable bonds is 6. The summed E-state index contributed by atoms with van der Waals surface area (Å²) in [5, 5.41) is 8.46. The van der Waals surface area contributed by atoms with Gasteiger partial charge in [-0.2, -0.15) is 0 Å². The minimum absolute atomic E-state index is 0.793. The molecule has 100 heavy (non-hydrogen) atoms. The van der Waals surface area contributed by atoms with Crippen molar-refractivity contribution in [2.75, 3.05) is 9.80 Å². The largest absolute Gasteiger partial charge is 0.454 e. The highest BCUT2D eigenvalue weighted by atomic mass is 16.3. The van der Waals surface area contributed by atoms with E-state index in [0.717, 1.165) is 144 Å². The van der Waals surface area contributed by atoms with Gasteiger partial charge in [-0.25, -0.2) is 0 Å². The van der Waals surface area contributed by atoms with E-state index < -0.39 is 10.8 Å². The molecule has 0 radical (unpaired) electrons. The Hall–Kier alpha value is -12.9. The van der Waals surface area contributed by atoms with E-state index >= 15 is 0 Å². The molecule has 4 aliphatic carbocycles. The maximum absolute atomic E-state index is 7.63. The smallest absolute Gasteiger partial charge is 0.160 e. The molecular weight excluding hydrogens is 1220 g/mol. The van der Waals surface area contributed by atoms with Gasteiger partial charge in [0.05, 0.1) is 33.6 Å². The highest BCUT2D eigenvalue weighted by molar-refractivity contribution is 6.25. The predicted molar refractivity (Wildman–Crippen MR) is 407 cm³/mol. The van der Waals surface area contributed by atoms with Gasteiger partial charge in [0, 0.05) is 54.5 Å². The molecule has 0 fully saturated rings. The van der Waals surface area contributed by atoms with Crippen LogP contribution >= 0.6 is 0 Å². The number of fused-ring (bicyclic) bond motifs is 34. The summed E-state index contributed by atoms with van der Waals surface area (Å²) < 4.78 is 29.4. The maximum Gasteiger partial charge on any atom is 0.160 e. The van der Waals surface area contributed by atoms with Gasteiger partial charge in [-0.15, -0.1) is 0 Å². The summed E-state index contributed by atoms with van der Waals surface area (Å²) in [6.07, 6.45) is 0. The Morgan fingerprint density at radius 3 is 0.910 bits per heavy atom. The number of aryl methyl sites for hydroxylation is 2. The van der Waals surface area contributed by atoms with Crippen LogP contribution in [-0.2, 0) is 10.8 Å². The summed E-state index contributed by atoms with van der Waals surface area (Å²) >= 11 is 0. The predicted octanol–water partition coefficient (Wildman–Crippen LogP) is 25.5. The molecule has 466 valence electrons. The van der Waals surface area contributed by atoms with E-state index in [-0.39, 0.29) is 0 Å². The van der Waals surface area contributed by atoms with Crippen molar-refractivity contribution in [3.8, 4) is 44.5 Å². The minimum atomic E-state index is -0.858. The summed E-state index contributed by atoms with van der Waals surface area (Å²) in [5.74, 6) is 0. The Morgan fingerprint density at radius 2 is 0.520 bits per heavy atom. The summed E-state index contributed by atoms with van der Waals surface area (Å²) in [4.78, 5) is 4.86. The molecule has 0 aliphatic heterocycles. The van der Waals surface area contributed by atoms with Crippen molar-refractivity contribution < 1.29 is 17.7 Å². The fourth-order valence-corrected chi connectivity index (χ4v) is 19.0. The van der Waals surface area contributed by atoms with Crippen LogP contribution in [0, 0.1) is 13.8 Å². The highest BCUT2D eigenvalue weighted by Crippen LogP contribution is 2.71. The standard InChI is InChI=1S/C94H56N2O4/c1-53-25-3-17-41-75(53)95(77-43-23-35-61-59-31-9-19-45-81(59)97-89(61)77)79-51-73-85(87-63-33-11-21-47-83(63)99-91(79)87)65-49-72-66(50-71(65)93(73)67-37-13-5-27-55(67)56-28-6-14-38-68(56)93)86-74(94(72)69-39-15-7-29-57(69)58-30-8-16-40-70(58)94)52-80(92-88(86)64-34-12-22-48-84(64)100-92)96(76-42-18-4-26-54(76)2)78-44-24-36-62-60-32-10-20-46-82(60)98-90(62)78/h3-52H,1-2H3. The molecule has 15 aromatic carbocycles. The lowest BCUT2D eigenvalue weighted by Crippen LogP contribution is -2.27. The Morgan fingerprint density at radius 1 is 0.220 bits per heavy atom. The second kappa shape index (κ2) is 19.4. The SMILES string of the molecule is Cc1ccccc1N(c1cccc2c1oc1ccccc12)c1cc2c(c3c1oc1ccccc13)-c1cc3c(cc1C21c2ccccc2-c2ccccc21)-c1c(cc(N(c2ccccc2C)c2cccc4c2oc2ccccc24)c2oc4ccccc4c12)C31c2ccccc2-c2ccccc21. The van der Waals surface area contributed by atoms with Crippen LogP contribution in [0.1, 0.15) is 55.6 Å². The third-order valence-electron chi connectivity index (χ3n) is 22.9. The Balaban J connectivity index is 0.900. The third kappa shape index (κ3) is 6.64. The van der Waals surface area contributed by atoms with Crippen LogP contribution in [0.4, 0.5) is 34.1 Å². The molecule has 4 aromatic heterocycles. The van der Waals surface area contributed by atoms with Crippen LogP contribution in [0.25, 0.3) is 132 Å². The second-order valence-electron chi connectivity index (χ2n) is 27.6. The zero-order valence-electron chi connectivity index (χ0n) is 54.4. The number of hydrogen-bond acceptors (Lipinski definition) is 6. The Kier molecular flexibility index (Phi) is 10.5. The van der Waals surface area contributed by atoms with Gasteiger partial charge in [0.15, 0.2) is 22.3 Å². The first kappa shape index (κ1) is 54.2. The van der Waals surface area contributed by atoms with Gasteiger partial charge in [-0.3, -0.25) is 0 Å². The van der Waals surface area contributed by atoms with Gasteiger partial charge < -0.3 is 27.5 Å². The van der Waals surface area contributed by atoms with Crippen molar-refractivity contribution in [1.82, 2.24) is 0 Å². The van der Waals surface area contributed by atoms with Crippen LogP contribution in [0.2, 0.25) is 0 Å². The highest BCUT2D eigenvalue weighted by Gasteiger charge is 2.58. The van der Waals surface area contributed by atoms with Crippen LogP contribution < -0.4 is 9.80 Å². The van der Waals surface area contributed by atoms with E-state index in [1.807, 2.05) is 0 Å². The summed E-state index contributed by atoms with van der Waals surface area (Å²) in [6, 6.07) is 112. The molecular formula is C94H56N2O4. The lowest BCUT2D eigenvalue weighted by atomic mass is 9.68. The average molecular weight is 1280 g/mol. The van der Waals surface area contributed by atoms with E-state index in [4.69, 9.17) is 17.7 Å². The first-order valence-corrected chi connectivity index (χ1v) is 34.5. The number of benzene rings is 15. The van der Waals surface area contributed by atoms with Crippen LogP contribution in [0.3, 0.4) is 0 Å². The number of hydrogen-bond donors (Lipinski definition) is 0. The van der Waals surface area contributed by atoms with E-state index in [2.05, 4.69) is 327 Å². The van der Waals surface area contributed by atoms with Crippen molar-refractivity contribution in [2.45, 2.75) is 24.7 Å². The molecule has 4 heterocycles. The normalized spacial score (nSPS) is 13.9. The topological polar surface area (TPSA) is 59.0 Å². The Bertz CT molecular complexity index is 6360. The first-order chi connectivity index (χ1) is 49.5. The van der Waals surface area contributed by atoms with Crippen molar-refractivity contribution in [3.05, 3.63) is 359 Å². The fourth-order valence-electron chi connectivity index (χ4n) is 19.0. The van der Waals surface area contributed by atoms with Crippen molar-refractivity contribution >= 4 is 122 Å². The lowest BCUT2D eigenvalue weighted by Gasteiger charge is -2.33. The summed E-state index contributed by atoms with van der Waals surface area (Å²) in [5.41, 5.74) is 32.1. The zero-order chi connectivity index (χ0) is 65.4. The van der Waals surface area contributed by atoms with Crippen molar-refractivity contribution in [3.63, 3.8) is 0 Å². The molecule has 19 aromatic rings. The summed E-state index contributed by atoms with van der Waals surface area (Å²) in [6.45, 7) is 4.42. The molecule has 23 rings (SSSR count). The van der Waals surface area contributed by atoms with Gasteiger partial charge in [0.1, 0.15) is 22.3 Å². The zero-order valence-corrected chi connectivity index (χ0v) is 54.4. The molecule has 0 saturated carbocycles. The number of furan rings is 4.